The third kappa shape index (κ3) is 5.00. The van der Waals surface area contributed by atoms with E-state index in [2.05, 4.69) is 12.6 Å². The third-order valence-electron chi connectivity index (χ3n) is 1.64. The van der Waals surface area contributed by atoms with Gasteiger partial charge in [-0.05, 0) is 38.0 Å². The molecular weight excluding hydrogens is 160 g/mol. The molecule has 0 radical (unpaired) electrons. The predicted octanol–water partition coefficient (Wildman–Crippen LogP) is 2.31. The Kier molecular flexibility index (Phi) is 6.58. The fourth-order valence-corrected chi connectivity index (χ4v) is 0.877. The van der Waals surface area contributed by atoms with Gasteiger partial charge in [0.25, 0.3) is 0 Å². The monoisotopic (exact) mass is 176 g/mol. The summed E-state index contributed by atoms with van der Waals surface area (Å²) in [6.45, 7) is 6.39. The van der Waals surface area contributed by atoms with Gasteiger partial charge in [-0.3, -0.25) is 0 Å². The van der Waals surface area contributed by atoms with Gasteiger partial charge in [-0.1, -0.05) is 18.7 Å². The molecule has 0 rings (SSSR count). The molecule has 0 aromatic rings. The van der Waals surface area contributed by atoms with Crippen molar-refractivity contribution >= 4 is 0 Å². The minimum atomic E-state index is 0.640. The highest BCUT2D eigenvalue weighted by Gasteiger charge is 1.99. The lowest BCUT2D eigenvalue weighted by molar-refractivity contribution is 0.833. The maximum atomic E-state index is 8.78. The van der Waals surface area contributed by atoms with E-state index in [9.17, 15) is 0 Å². The van der Waals surface area contributed by atoms with Gasteiger partial charge in [0.2, 0.25) is 0 Å². The minimum absolute atomic E-state index is 0.640. The van der Waals surface area contributed by atoms with Crippen LogP contribution in [0.1, 0.15) is 19.8 Å². The Morgan fingerprint density at radius 2 is 2.31 bits per heavy atom. The van der Waals surface area contributed by atoms with Gasteiger partial charge in [-0.25, -0.2) is 0 Å². The fraction of sp³-hybridized carbons (Fsp3) is 0.364. The molecule has 0 heterocycles. The van der Waals surface area contributed by atoms with Crippen molar-refractivity contribution in [1.29, 1.82) is 5.26 Å². The van der Waals surface area contributed by atoms with Gasteiger partial charge in [0, 0.05) is 0 Å². The van der Waals surface area contributed by atoms with Gasteiger partial charge in [0.05, 0.1) is 11.6 Å². The average Bonchev–Trinajstić information content (AvgIpc) is 2.16. The summed E-state index contributed by atoms with van der Waals surface area (Å²) in [5, 5.41) is 8.78. The third-order valence-corrected chi connectivity index (χ3v) is 1.64. The van der Waals surface area contributed by atoms with Gasteiger partial charge in [0.1, 0.15) is 0 Å². The van der Waals surface area contributed by atoms with Crippen LogP contribution >= 0.6 is 0 Å². The molecule has 0 amide bonds. The molecular formula is C11H16N2. The Morgan fingerprint density at radius 1 is 1.62 bits per heavy atom. The first-order chi connectivity index (χ1) is 6.26. The molecule has 0 aromatic carbocycles. The number of nitriles is 1. The van der Waals surface area contributed by atoms with Crippen LogP contribution in [0.2, 0.25) is 0 Å². The van der Waals surface area contributed by atoms with Crippen molar-refractivity contribution < 1.29 is 0 Å². The standard InChI is InChI=1S/C11H16N2/c1-3-4-7-11(9-13)10(2)6-5-8-12/h3-4,7H,2,5-6,8,12H2,1H3. The molecule has 2 heteroatoms. The number of allylic oxidation sites excluding steroid dienone is 5. The Bertz CT molecular complexity index is 254. The zero-order chi connectivity index (χ0) is 10.1. The second kappa shape index (κ2) is 7.33. The second-order valence-electron chi connectivity index (χ2n) is 2.71. The molecule has 0 aliphatic heterocycles. The van der Waals surface area contributed by atoms with E-state index in [0.29, 0.717) is 12.1 Å². The van der Waals surface area contributed by atoms with Crippen LogP contribution in [0, 0.1) is 11.3 Å². The summed E-state index contributed by atoms with van der Waals surface area (Å²) in [4.78, 5) is 0. The molecule has 0 aliphatic rings. The number of rotatable bonds is 5. The van der Waals surface area contributed by atoms with E-state index in [1.165, 1.54) is 0 Å². The molecule has 0 bridgehead atoms. The molecule has 0 unspecified atom stereocenters. The summed E-state index contributed by atoms with van der Waals surface area (Å²) in [6.07, 6.45) is 7.18. The topological polar surface area (TPSA) is 49.8 Å². The van der Waals surface area contributed by atoms with E-state index in [1.807, 2.05) is 19.1 Å². The van der Waals surface area contributed by atoms with Crippen molar-refractivity contribution in [1.82, 2.24) is 0 Å². The van der Waals surface area contributed by atoms with Crippen molar-refractivity contribution in [3.63, 3.8) is 0 Å². The maximum Gasteiger partial charge on any atom is 0.0994 e. The lowest BCUT2D eigenvalue weighted by Crippen LogP contribution is -1.99. The van der Waals surface area contributed by atoms with E-state index in [1.54, 1.807) is 6.08 Å². The molecule has 0 saturated heterocycles. The van der Waals surface area contributed by atoms with Gasteiger partial charge >= 0.3 is 0 Å². The molecule has 70 valence electrons. The van der Waals surface area contributed by atoms with Gasteiger partial charge in [0.15, 0.2) is 0 Å². The highest BCUT2D eigenvalue weighted by molar-refractivity contribution is 5.42. The first-order valence-electron chi connectivity index (χ1n) is 4.37. The van der Waals surface area contributed by atoms with Crippen LogP contribution in [0.25, 0.3) is 0 Å². The Labute approximate surface area is 80.1 Å². The van der Waals surface area contributed by atoms with Crippen molar-refractivity contribution in [3.8, 4) is 6.07 Å². The molecule has 0 saturated carbocycles. The van der Waals surface area contributed by atoms with Crippen LogP contribution in [0.15, 0.2) is 36.0 Å². The molecule has 2 nitrogen and oxygen atoms in total. The summed E-state index contributed by atoms with van der Waals surface area (Å²) >= 11 is 0. The fourth-order valence-electron chi connectivity index (χ4n) is 0.877. The van der Waals surface area contributed by atoms with Gasteiger partial charge < -0.3 is 5.73 Å². The SMILES string of the molecule is C=C(CCCN)C(C#N)=CC=CC. The first kappa shape index (κ1) is 11.7. The van der Waals surface area contributed by atoms with E-state index in [4.69, 9.17) is 11.0 Å². The van der Waals surface area contributed by atoms with Crippen molar-refractivity contribution in [2.75, 3.05) is 6.54 Å². The molecule has 0 atom stereocenters. The Hall–Kier alpha value is -1.33. The lowest BCUT2D eigenvalue weighted by atomic mass is 10.0. The zero-order valence-electron chi connectivity index (χ0n) is 8.09. The lowest BCUT2D eigenvalue weighted by Gasteiger charge is -2.00. The maximum absolute atomic E-state index is 8.78. The summed E-state index contributed by atoms with van der Waals surface area (Å²) < 4.78 is 0. The van der Waals surface area contributed by atoms with E-state index >= 15 is 0 Å². The summed E-state index contributed by atoms with van der Waals surface area (Å²) in [5.74, 6) is 0. The molecule has 0 aromatic heterocycles. The quantitative estimate of drug-likeness (QED) is 0.516. The van der Waals surface area contributed by atoms with E-state index in [0.717, 1.165) is 18.4 Å². The molecule has 0 aliphatic carbocycles. The summed E-state index contributed by atoms with van der Waals surface area (Å²) in [6, 6.07) is 2.12. The Balaban J connectivity index is 4.26. The first-order valence-corrected chi connectivity index (χ1v) is 4.37. The number of hydrogen-bond acceptors (Lipinski definition) is 2. The highest BCUT2D eigenvalue weighted by atomic mass is 14.5. The van der Waals surface area contributed by atoms with Crippen LogP contribution in [0.4, 0.5) is 0 Å². The summed E-state index contributed by atoms with van der Waals surface area (Å²) in [7, 11) is 0. The normalized spacial score (nSPS) is 11.6. The van der Waals surface area contributed by atoms with Crippen molar-refractivity contribution in [3.05, 3.63) is 36.0 Å². The summed E-state index contributed by atoms with van der Waals surface area (Å²) in [5.41, 5.74) is 6.87. The number of nitrogens with zero attached hydrogens (tertiary/aromatic N) is 1. The molecule has 2 N–H and O–H groups in total. The van der Waals surface area contributed by atoms with Crippen molar-refractivity contribution in [2.24, 2.45) is 5.73 Å². The number of nitrogens with two attached hydrogens (primary N) is 1. The number of hydrogen-bond donors (Lipinski definition) is 1. The van der Waals surface area contributed by atoms with Gasteiger partial charge in [-0.15, -0.1) is 0 Å². The molecule has 0 spiro atoms. The van der Waals surface area contributed by atoms with E-state index in [-0.39, 0.29) is 0 Å². The van der Waals surface area contributed by atoms with Crippen molar-refractivity contribution in [2.45, 2.75) is 19.8 Å². The predicted molar refractivity (Wildman–Crippen MR) is 55.9 cm³/mol. The Morgan fingerprint density at radius 3 is 2.77 bits per heavy atom. The smallest absolute Gasteiger partial charge is 0.0994 e. The average molecular weight is 176 g/mol. The van der Waals surface area contributed by atoms with E-state index < -0.39 is 0 Å². The van der Waals surface area contributed by atoms with Crippen LogP contribution in [0.5, 0.6) is 0 Å². The largest absolute Gasteiger partial charge is 0.330 e. The molecule has 0 fully saturated rings. The van der Waals surface area contributed by atoms with Crippen LogP contribution in [0.3, 0.4) is 0 Å². The van der Waals surface area contributed by atoms with Gasteiger partial charge in [-0.2, -0.15) is 5.26 Å². The van der Waals surface area contributed by atoms with Crippen LogP contribution in [-0.2, 0) is 0 Å². The van der Waals surface area contributed by atoms with Crippen LogP contribution < -0.4 is 5.73 Å². The minimum Gasteiger partial charge on any atom is -0.330 e. The molecule has 13 heavy (non-hydrogen) atoms. The zero-order valence-corrected chi connectivity index (χ0v) is 8.09. The van der Waals surface area contributed by atoms with Crippen LogP contribution in [-0.4, -0.2) is 6.54 Å². The second-order valence-corrected chi connectivity index (χ2v) is 2.71. The highest BCUT2D eigenvalue weighted by Crippen LogP contribution is 2.12.